The maximum atomic E-state index is 12.5. The number of rotatable bonds is 5. The van der Waals surface area contributed by atoms with Crippen LogP contribution in [-0.4, -0.2) is 47.9 Å². The number of ether oxygens (including phenoxy) is 2. The van der Waals surface area contributed by atoms with Crippen molar-refractivity contribution in [2.24, 2.45) is 0 Å². The van der Waals surface area contributed by atoms with Crippen LogP contribution in [0.15, 0.2) is 36.4 Å². The van der Waals surface area contributed by atoms with Gasteiger partial charge in [-0.15, -0.1) is 11.3 Å². The predicted molar refractivity (Wildman–Crippen MR) is 117 cm³/mol. The van der Waals surface area contributed by atoms with Crippen LogP contribution in [0.25, 0.3) is 0 Å². The first kappa shape index (κ1) is 20.8. The fraction of sp³-hybridized carbons (Fsp3) is 0.429. The topological polar surface area (TPSA) is 50.8 Å². The van der Waals surface area contributed by atoms with Gasteiger partial charge in [-0.1, -0.05) is 30.3 Å². The van der Waals surface area contributed by atoms with Gasteiger partial charge < -0.3 is 19.7 Å². The summed E-state index contributed by atoms with van der Waals surface area (Å²) in [5.41, 5.74) is 1.73. The lowest BCUT2D eigenvalue weighted by molar-refractivity contribution is -0.0473. The van der Waals surface area contributed by atoms with E-state index in [0.717, 1.165) is 29.4 Å². The summed E-state index contributed by atoms with van der Waals surface area (Å²) in [4.78, 5) is 15.6. The standard InChI is InChI=1S/C21H26N2O3S2/c1-4-25-20(24)18-11-17(10-16-8-6-5-7-9-16)28-19(18)22-21(27)23-12-14(2)26-15(3)13-23/h5-9,11,14-15H,4,10,12-13H2,1-3H3,(H,22,27)/t14-,15-/m0/s1. The molecule has 1 fully saturated rings. The van der Waals surface area contributed by atoms with E-state index >= 15 is 0 Å². The highest BCUT2D eigenvalue weighted by Crippen LogP contribution is 2.31. The van der Waals surface area contributed by atoms with Crippen molar-refractivity contribution < 1.29 is 14.3 Å². The second-order valence-electron chi connectivity index (χ2n) is 6.93. The normalized spacial score (nSPS) is 19.3. The minimum Gasteiger partial charge on any atom is -0.462 e. The van der Waals surface area contributed by atoms with E-state index in [0.29, 0.717) is 17.3 Å². The Balaban J connectivity index is 1.79. The second-order valence-corrected chi connectivity index (χ2v) is 8.45. The zero-order valence-electron chi connectivity index (χ0n) is 16.4. The third-order valence-corrected chi connectivity index (χ3v) is 5.84. The van der Waals surface area contributed by atoms with E-state index in [-0.39, 0.29) is 18.2 Å². The largest absolute Gasteiger partial charge is 0.462 e. The Hall–Kier alpha value is -1.96. The predicted octanol–water partition coefficient (Wildman–Crippen LogP) is 4.32. The molecule has 2 aromatic rings. The van der Waals surface area contributed by atoms with Crippen molar-refractivity contribution in [3.63, 3.8) is 0 Å². The molecular weight excluding hydrogens is 392 g/mol. The molecule has 3 rings (SSSR count). The number of anilines is 1. The monoisotopic (exact) mass is 418 g/mol. The molecule has 0 saturated carbocycles. The Bertz CT molecular complexity index is 812. The van der Waals surface area contributed by atoms with Crippen LogP contribution in [0.1, 0.15) is 41.6 Å². The molecule has 1 aliphatic rings. The lowest BCUT2D eigenvalue weighted by Gasteiger charge is -2.36. The lowest BCUT2D eigenvalue weighted by Crippen LogP contribution is -2.49. The van der Waals surface area contributed by atoms with Crippen LogP contribution in [-0.2, 0) is 15.9 Å². The summed E-state index contributed by atoms with van der Waals surface area (Å²) in [6.07, 6.45) is 0.993. The number of hydrogen-bond acceptors (Lipinski definition) is 5. The number of carbonyl (C=O) groups excluding carboxylic acids is 1. The van der Waals surface area contributed by atoms with Crippen LogP contribution >= 0.6 is 23.6 Å². The molecule has 0 aliphatic carbocycles. The van der Waals surface area contributed by atoms with Gasteiger partial charge in [0.1, 0.15) is 5.00 Å². The van der Waals surface area contributed by atoms with Gasteiger partial charge in [0.2, 0.25) is 0 Å². The minimum absolute atomic E-state index is 0.116. The average Bonchev–Trinajstić information content (AvgIpc) is 3.04. The second kappa shape index (κ2) is 9.49. The maximum absolute atomic E-state index is 12.5. The number of thiocarbonyl (C=S) groups is 1. The summed E-state index contributed by atoms with van der Waals surface area (Å²) < 4.78 is 11.0. The molecule has 0 unspecified atom stereocenters. The summed E-state index contributed by atoms with van der Waals surface area (Å²) in [6, 6.07) is 12.1. The van der Waals surface area contributed by atoms with Crippen molar-refractivity contribution in [2.45, 2.75) is 39.4 Å². The van der Waals surface area contributed by atoms with E-state index < -0.39 is 0 Å². The molecular formula is C21H26N2O3S2. The lowest BCUT2D eigenvalue weighted by atomic mass is 10.1. The van der Waals surface area contributed by atoms with Gasteiger partial charge in [0.05, 0.1) is 24.4 Å². The van der Waals surface area contributed by atoms with Crippen LogP contribution in [0.4, 0.5) is 5.00 Å². The van der Waals surface area contributed by atoms with Gasteiger partial charge in [-0.3, -0.25) is 0 Å². The van der Waals surface area contributed by atoms with Gasteiger partial charge in [-0.25, -0.2) is 4.79 Å². The summed E-state index contributed by atoms with van der Waals surface area (Å²) in [7, 11) is 0. The van der Waals surface area contributed by atoms with Crippen molar-refractivity contribution in [1.29, 1.82) is 0 Å². The summed E-state index contributed by atoms with van der Waals surface area (Å²) in [5.74, 6) is -0.327. The molecule has 0 radical (unpaired) electrons. The first-order valence-corrected chi connectivity index (χ1v) is 10.7. The molecule has 2 heterocycles. The Kier molecular flexibility index (Phi) is 7.04. The zero-order valence-corrected chi connectivity index (χ0v) is 18.1. The molecule has 0 bridgehead atoms. The van der Waals surface area contributed by atoms with Crippen molar-refractivity contribution in [3.8, 4) is 0 Å². The van der Waals surface area contributed by atoms with Crippen LogP contribution in [0.2, 0.25) is 0 Å². The molecule has 28 heavy (non-hydrogen) atoms. The molecule has 1 aromatic heterocycles. The molecule has 1 saturated heterocycles. The van der Waals surface area contributed by atoms with Crippen LogP contribution < -0.4 is 5.32 Å². The van der Waals surface area contributed by atoms with E-state index in [9.17, 15) is 4.79 Å². The van der Waals surface area contributed by atoms with Crippen LogP contribution in [0.5, 0.6) is 0 Å². The fourth-order valence-electron chi connectivity index (χ4n) is 3.30. The third-order valence-electron chi connectivity index (χ3n) is 4.43. The molecule has 150 valence electrons. The number of carbonyl (C=O) groups is 1. The average molecular weight is 419 g/mol. The van der Waals surface area contributed by atoms with Gasteiger partial charge in [-0.05, 0) is 44.6 Å². The van der Waals surface area contributed by atoms with Crippen LogP contribution in [0, 0.1) is 0 Å². The van der Waals surface area contributed by atoms with Crippen molar-refractivity contribution in [2.75, 3.05) is 25.0 Å². The van der Waals surface area contributed by atoms with Crippen molar-refractivity contribution >= 4 is 39.6 Å². The van der Waals surface area contributed by atoms with E-state index in [4.69, 9.17) is 21.7 Å². The highest BCUT2D eigenvalue weighted by atomic mass is 32.1. The highest BCUT2D eigenvalue weighted by Gasteiger charge is 2.25. The Morgan fingerprint density at radius 3 is 2.61 bits per heavy atom. The first-order valence-electron chi connectivity index (χ1n) is 9.51. The number of esters is 1. The smallest absolute Gasteiger partial charge is 0.341 e. The number of thiophene rings is 1. The van der Waals surface area contributed by atoms with E-state index in [1.807, 2.05) is 45.0 Å². The summed E-state index contributed by atoms with van der Waals surface area (Å²) in [5, 5.41) is 4.64. The van der Waals surface area contributed by atoms with Gasteiger partial charge in [0.15, 0.2) is 5.11 Å². The number of nitrogens with one attached hydrogen (secondary N) is 1. The minimum atomic E-state index is -0.327. The quantitative estimate of drug-likeness (QED) is 0.576. The summed E-state index contributed by atoms with van der Waals surface area (Å²) in [6.45, 7) is 7.69. The Morgan fingerprint density at radius 1 is 1.29 bits per heavy atom. The fourth-order valence-corrected chi connectivity index (χ4v) is 4.69. The SMILES string of the molecule is CCOC(=O)c1cc(Cc2ccccc2)sc1NC(=S)N1C[C@H](C)O[C@@H](C)C1. The van der Waals surface area contributed by atoms with Crippen molar-refractivity contribution in [1.82, 2.24) is 4.90 Å². The molecule has 1 N–H and O–H groups in total. The third kappa shape index (κ3) is 5.31. The number of benzene rings is 1. The molecule has 7 heteroatoms. The van der Waals surface area contributed by atoms with Gasteiger partial charge in [-0.2, -0.15) is 0 Å². The maximum Gasteiger partial charge on any atom is 0.341 e. The number of nitrogens with zero attached hydrogens (tertiary/aromatic N) is 1. The van der Waals surface area contributed by atoms with Gasteiger partial charge in [0, 0.05) is 24.4 Å². The molecule has 0 amide bonds. The Labute approximate surface area is 175 Å². The molecule has 5 nitrogen and oxygen atoms in total. The van der Waals surface area contributed by atoms with Crippen LogP contribution in [0.3, 0.4) is 0 Å². The molecule has 0 spiro atoms. The first-order chi connectivity index (χ1) is 13.5. The zero-order chi connectivity index (χ0) is 20.1. The van der Waals surface area contributed by atoms with E-state index in [1.165, 1.54) is 5.56 Å². The van der Waals surface area contributed by atoms with Gasteiger partial charge >= 0.3 is 5.97 Å². The molecule has 1 aromatic carbocycles. The van der Waals surface area contributed by atoms with E-state index in [1.54, 1.807) is 11.3 Å². The Morgan fingerprint density at radius 2 is 1.96 bits per heavy atom. The molecule has 2 atom stereocenters. The highest BCUT2D eigenvalue weighted by molar-refractivity contribution is 7.80. The van der Waals surface area contributed by atoms with Crippen molar-refractivity contribution in [3.05, 3.63) is 52.4 Å². The number of hydrogen-bond donors (Lipinski definition) is 1. The summed E-state index contributed by atoms with van der Waals surface area (Å²) >= 11 is 7.17. The molecule has 1 aliphatic heterocycles. The number of morpholine rings is 1. The van der Waals surface area contributed by atoms with E-state index in [2.05, 4.69) is 22.3 Å². The van der Waals surface area contributed by atoms with Gasteiger partial charge in [0.25, 0.3) is 0 Å².